The molecule has 134 valence electrons. The van der Waals surface area contributed by atoms with Gasteiger partial charge in [-0.15, -0.1) is 0 Å². The molecule has 0 saturated heterocycles. The number of carbonyl (C=O) groups excluding carboxylic acids is 1. The van der Waals surface area contributed by atoms with Crippen LogP contribution in [0.4, 0.5) is 8.78 Å². The molecular weight excluding hydrogens is 332 g/mol. The van der Waals surface area contributed by atoms with E-state index in [1.165, 1.54) is 19.2 Å². The summed E-state index contributed by atoms with van der Waals surface area (Å²) >= 11 is 0. The predicted octanol–water partition coefficient (Wildman–Crippen LogP) is 2.95. The summed E-state index contributed by atoms with van der Waals surface area (Å²) in [6, 6.07) is 5.71. The maximum absolute atomic E-state index is 14.2. The summed E-state index contributed by atoms with van der Waals surface area (Å²) in [6.07, 6.45) is 0.411. The van der Waals surface area contributed by atoms with E-state index in [0.29, 0.717) is 18.6 Å². The van der Waals surface area contributed by atoms with Gasteiger partial charge in [-0.05, 0) is 37.0 Å². The quantitative estimate of drug-likeness (QED) is 0.839. The van der Waals surface area contributed by atoms with Crippen molar-refractivity contribution >= 4 is 5.91 Å². The van der Waals surface area contributed by atoms with E-state index in [4.69, 9.17) is 9.15 Å². The number of carbonyl (C=O) groups is 1. The highest BCUT2D eigenvalue weighted by Gasteiger charge is 2.37. The van der Waals surface area contributed by atoms with Crippen LogP contribution in [0.5, 0.6) is 0 Å². The summed E-state index contributed by atoms with van der Waals surface area (Å²) < 4.78 is 37.7. The van der Waals surface area contributed by atoms with Crippen molar-refractivity contribution in [3.63, 3.8) is 0 Å². The first-order valence-corrected chi connectivity index (χ1v) is 7.99. The van der Waals surface area contributed by atoms with E-state index in [1.807, 2.05) is 0 Å². The topological polar surface area (TPSA) is 71.7 Å². The lowest BCUT2D eigenvalue weighted by molar-refractivity contribution is 0.0226. The summed E-state index contributed by atoms with van der Waals surface area (Å²) in [5.74, 6) is -1.47. The van der Waals surface area contributed by atoms with Gasteiger partial charge in [-0.3, -0.25) is 4.79 Å². The first-order chi connectivity index (χ1) is 12.0. The second-order valence-electron chi connectivity index (χ2n) is 6.20. The highest BCUT2D eigenvalue weighted by molar-refractivity contribution is 5.91. The van der Waals surface area contributed by atoms with Crippen molar-refractivity contribution in [2.45, 2.75) is 31.6 Å². The van der Waals surface area contributed by atoms with Crippen LogP contribution in [0.25, 0.3) is 0 Å². The third-order valence-electron chi connectivity index (χ3n) is 4.38. The number of hydrogen-bond donors (Lipinski definition) is 2. The van der Waals surface area contributed by atoms with Crippen LogP contribution < -0.4 is 5.32 Å². The van der Waals surface area contributed by atoms with Crippen LogP contribution in [-0.4, -0.2) is 24.2 Å². The van der Waals surface area contributed by atoms with E-state index in [9.17, 15) is 18.7 Å². The molecule has 0 bridgehead atoms. The number of nitrogens with one attached hydrogen (secondary N) is 1. The van der Waals surface area contributed by atoms with Gasteiger partial charge in [0.15, 0.2) is 5.76 Å². The van der Waals surface area contributed by atoms with Gasteiger partial charge in [0.25, 0.3) is 5.91 Å². The highest BCUT2D eigenvalue weighted by atomic mass is 19.1. The summed E-state index contributed by atoms with van der Waals surface area (Å²) in [7, 11) is 1.51. The molecule has 1 saturated carbocycles. The lowest BCUT2D eigenvalue weighted by Crippen LogP contribution is -2.41. The molecule has 25 heavy (non-hydrogen) atoms. The van der Waals surface area contributed by atoms with Gasteiger partial charge >= 0.3 is 0 Å². The number of hydrogen-bond acceptors (Lipinski definition) is 4. The van der Waals surface area contributed by atoms with E-state index in [0.717, 1.165) is 12.1 Å². The Labute approximate surface area is 143 Å². The van der Waals surface area contributed by atoms with Crippen molar-refractivity contribution in [1.82, 2.24) is 5.32 Å². The Morgan fingerprint density at radius 2 is 2.12 bits per heavy atom. The van der Waals surface area contributed by atoms with E-state index in [2.05, 4.69) is 5.32 Å². The molecule has 0 radical (unpaired) electrons. The van der Waals surface area contributed by atoms with Gasteiger partial charge in [-0.25, -0.2) is 8.78 Å². The van der Waals surface area contributed by atoms with Crippen LogP contribution in [0.2, 0.25) is 0 Å². The van der Waals surface area contributed by atoms with Crippen LogP contribution >= 0.6 is 0 Å². The van der Waals surface area contributed by atoms with Crippen molar-refractivity contribution in [3.8, 4) is 0 Å². The molecule has 7 heteroatoms. The standard InChI is InChI=1S/C18H19F2NO4/c1-24-9-13-3-5-16(25-13)18(23)21-17(10-6-12(22)7-10)14-4-2-11(19)8-15(14)20/h2-5,8,10,12,17,22H,6-7,9H2,1H3,(H,21,23). The van der Waals surface area contributed by atoms with Gasteiger partial charge < -0.3 is 19.6 Å². The maximum atomic E-state index is 14.2. The molecule has 1 unspecified atom stereocenters. The molecule has 1 fully saturated rings. The fourth-order valence-electron chi connectivity index (χ4n) is 3.04. The highest BCUT2D eigenvalue weighted by Crippen LogP contribution is 2.39. The number of halogens is 2. The average Bonchev–Trinajstić information content (AvgIpc) is 2.99. The first-order valence-electron chi connectivity index (χ1n) is 7.99. The summed E-state index contributed by atoms with van der Waals surface area (Å²) in [4.78, 5) is 12.4. The Morgan fingerprint density at radius 1 is 1.36 bits per heavy atom. The van der Waals surface area contributed by atoms with Gasteiger partial charge in [-0.2, -0.15) is 0 Å². The number of rotatable bonds is 6. The van der Waals surface area contributed by atoms with Crippen LogP contribution in [-0.2, 0) is 11.3 Å². The first kappa shape index (κ1) is 17.6. The Hall–Kier alpha value is -2.25. The minimum Gasteiger partial charge on any atom is -0.453 e. The Bertz CT molecular complexity index is 755. The van der Waals surface area contributed by atoms with E-state index < -0.39 is 29.7 Å². The van der Waals surface area contributed by atoms with Crippen molar-refractivity contribution in [1.29, 1.82) is 0 Å². The molecule has 1 aromatic carbocycles. The zero-order chi connectivity index (χ0) is 18.0. The number of methoxy groups -OCH3 is 1. The molecule has 3 rings (SSSR count). The molecule has 2 N–H and O–H groups in total. The zero-order valence-electron chi connectivity index (χ0n) is 13.7. The van der Waals surface area contributed by atoms with E-state index >= 15 is 0 Å². The third-order valence-corrected chi connectivity index (χ3v) is 4.38. The second kappa shape index (κ2) is 7.33. The fraction of sp³-hybridized carbons (Fsp3) is 0.389. The van der Waals surface area contributed by atoms with Crippen LogP contribution in [0.3, 0.4) is 0 Å². The van der Waals surface area contributed by atoms with E-state index in [1.54, 1.807) is 6.07 Å². The Kier molecular flexibility index (Phi) is 5.15. The van der Waals surface area contributed by atoms with Crippen molar-refractivity contribution in [2.75, 3.05) is 7.11 Å². The molecule has 0 spiro atoms. The number of benzene rings is 1. The number of amides is 1. The SMILES string of the molecule is COCc1ccc(C(=O)NC(c2ccc(F)cc2F)C2CC(O)C2)o1. The molecule has 1 aromatic heterocycles. The van der Waals surface area contributed by atoms with Gasteiger partial charge in [0.2, 0.25) is 0 Å². The molecule has 0 aliphatic heterocycles. The third kappa shape index (κ3) is 3.88. The van der Waals surface area contributed by atoms with Crippen molar-refractivity contribution in [2.24, 2.45) is 5.92 Å². The molecule has 1 atom stereocenters. The largest absolute Gasteiger partial charge is 0.453 e. The monoisotopic (exact) mass is 351 g/mol. The Morgan fingerprint density at radius 3 is 2.76 bits per heavy atom. The molecule has 1 amide bonds. The molecule has 1 aliphatic rings. The summed E-state index contributed by atoms with van der Waals surface area (Å²) in [6.45, 7) is 0.234. The van der Waals surface area contributed by atoms with Gasteiger partial charge in [0, 0.05) is 18.7 Å². The number of aliphatic hydroxyl groups excluding tert-OH is 1. The molecule has 1 aliphatic carbocycles. The minimum atomic E-state index is -0.730. The molecule has 1 heterocycles. The molecule has 2 aromatic rings. The van der Waals surface area contributed by atoms with Crippen LogP contribution in [0.15, 0.2) is 34.7 Å². The number of furan rings is 1. The predicted molar refractivity (Wildman–Crippen MR) is 84.7 cm³/mol. The number of ether oxygens (including phenoxy) is 1. The van der Waals surface area contributed by atoms with E-state index in [-0.39, 0.29) is 23.8 Å². The molecule has 5 nitrogen and oxygen atoms in total. The summed E-state index contributed by atoms with van der Waals surface area (Å²) in [5.41, 5.74) is 0.190. The van der Waals surface area contributed by atoms with Gasteiger partial charge in [0.05, 0.1) is 12.1 Å². The lowest BCUT2D eigenvalue weighted by atomic mass is 9.75. The maximum Gasteiger partial charge on any atom is 0.287 e. The normalized spacial score (nSPS) is 20.8. The zero-order valence-corrected chi connectivity index (χ0v) is 13.7. The Balaban J connectivity index is 1.80. The second-order valence-corrected chi connectivity index (χ2v) is 6.20. The van der Waals surface area contributed by atoms with Crippen LogP contribution in [0, 0.1) is 17.6 Å². The smallest absolute Gasteiger partial charge is 0.287 e. The molecular formula is C18H19F2NO4. The average molecular weight is 351 g/mol. The summed E-state index contributed by atoms with van der Waals surface area (Å²) in [5, 5.41) is 12.3. The lowest BCUT2D eigenvalue weighted by Gasteiger charge is -2.38. The van der Waals surface area contributed by atoms with Crippen molar-refractivity contribution in [3.05, 3.63) is 59.1 Å². The van der Waals surface area contributed by atoms with Crippen molar-refractivity contribution < 1.29 is 27.8 Å². The number of aliphatic hydroxyl groups is 1. The van der Waals surface area contributed by atoms with Crippen LogP contribution in [0.1, 0.15) is 40.8 Å². The van der Waals surface area contributed by atoms with Gasteiger partial charge in [0.1, 0.15) is 24.0 Å². The minimum absolute atomic E-state index is 0.0828. The fourth-order valence-corrected chi connectivity index (χ4v) is 3.04. The van der Waals surface area contributed by atoms with Gasteiger partial charge in [-0.1, -0.05) is 6.07 Å².